The van der Waals surface area contributed by atoms with Gasteiger partial charge in [0.25, 0.3) is 11.6 Å². The summed E-state index contributed by atoms with van der Waals surface area (Å²) in [6, 6.07) is 12.0. The summed E-state index contributed by atoms with van der Waals surface area (Å²) in [5.74, 6) is -0.906. The van der Waals surface area contributed by atoms with Crippen molar-refractivity contribution in [2.45, 2.75) is 0 Å². The molecule has 0 aliphatic carbocycles. The van der Waals surface area contributed by atoms with Gasteiger partial charge in [0, 0.05) is 27.8 Å². The second-order valence-electron chi connectivity index (χ2n) is 4.81. The highest BCUT2D eigenvalue weighted by Gasteiger charge is 2.12. The maximum atomic E-state index is 13.4. The molecule has 1 aromatic heterocycles. The molecule has 0 radical (unpaired) electrons. The molecular formula is C16H10FN3O3S. The van der Waals surface area contributed by atoms with Crippen molar-refractivity contribution in [1.29, 1.82) is 0 Å². The monoisotopic (exact) mass is 343 g/mol. The van der Waals surface area contributed by atoms with Crippen LogP contribution >= 0.6 is 11.3 Å². The highest BCUT2D eigenvalue weighted by Crippen LogP contribution is 2.28. The Morgan fingerprint density at radius 2 is 2.04 bits per heavy atom. The van der Waals surface area contributed by atoms with Crippen molar-refractivity contribution in [1.82, 2.24) is 5.43 Å². The lowest BCUT2D eigenvalue weighted by molar-refractivity contribution is -0.384. The first kappa shape index (κ1) is 15.8. The normalized spacial score (nSPS) is 11.0. The number of hydrogen-bond acceptors (Lipinski definition) is 5. The topological polar surface area (TPSA) is 84.6 Å². The van der Waals surface area contributed by atoms with Crippen LogP contribution in [0.2, 0.25) is 0 Å². The number of non-ortho nitro benzene ring substituents is 1. The van der Waals surface area contributed by atoms with E-state index in [1.807, 2.05) is 0 Å². The first-order valence-corrected chi connectivity index (χ1v) is 7.62. The molecule has 0 bridgehead atoms. The molecule has 1 heterocycles. The van der Waals surface area contributed by atoms with Gasteiger partial charge in [0.1, 0.15) is 5.82 Å². The summed E-state index contributed by atoms with van der Waals surface area (Å²) in [5, 5.41) is 15.1. The van der Waals surface area contributed by atoms with Crippen LogP contribution in [0.3, 0.4) is 0 Å². The number of nitro groups is 1. The summed E-state index contributed by atoms with van der Waals surface area (Å²) in [6.45, 7) is 0. The number of nitrogens with zero attached hydrogens (tertiary/aromatic N) is 2. The first-order valence-electron chi connectivity index (χ1n) is 6.80. The number of amides is 1. The number of carbonyl (C=O) groups is 1. The fourth-order valence-electron chi connectivity index (χ4n) is 2.05. The minimum absolute atomic E-state index is 0.0372. The molecule has 0 aliphatic rings. The highest BCUT2D eigenvalue weighted by molar-refractivity contribution is 7.20. The van der Waals surface area contributed by atoms with Crippen molar-refractivity contribution in [2.24, 2.45) is 5.10 Å². The number of nitro benzene ring substituents is 1. The molecule has 24 heavy (non-hydrogen) atoms. The van der Waals surface area contributed by atoms with Crippen LogP contribution in [0.15, 0.2) is 53.6 Å². The Morgan fingerprint density at radius 3 is 2.79 bits per heavy atom. The smallest absolute Gasteiger partial charge is 0.266 e. The lowest BCUT2D eigenvalue weighted by Crippen LogP contribution is -2.16. The number of carbonyl (C=O) groups excluding carboxylic acids is 1. The van der Waals surface area contributed by atoms with Crippen molar-refractivity contribution in [3.05, 3.63) is 74.9 Å². The number of hydrazone groups is 1. The summed E-state index contributed by atoms with van der Waals surface area (Å²) >= 11 is 1.19. The Bertz CT molecular complexity index is 968. The van der Waals surface area contributed by atoms with Gasteiger partial charge in [-0.2, -0.15) is 5.10 Å². The van der Waals surface area contributed by atoms with E-state index in [-0.39, 0.29) is 11.3 Å². The Hall–Kier alpha value is -3.13. The van der Waals surface area contributed by atoms with Gasteiger partial charge >= 0.3 is 0 Å². The summed E-state index contributed by atoms with van der Waals surface area (Å²) in [7, 11) is 0. The Balaban J connectivity index is 1.76. The Labute approximate surface area is 139 Å². The number of rotatable bonds is 4. The average Bonchev–Trinajstić information content (AvgIpc) is 2.99. The van der Waals surface area contributed by atoms with E-state index in [4.69, 9.17) is 0 Å². The van der Waals surface area contributed by atoms with Gasteiger partial charge in [0.05, 0.1) is 16.0 Å². The molecule has 6 nitrogen and oxygen atoms in total. The molecule has 8 heteroatoms. The average molecular weight is 343 g/mol. The van der Waals surface area contributed by atoms with Crippen LogP contribution in [-0.2, 0) is 0 Å². The van der Waals surface area contributed by atoms with E-state index >= 15 is 0 Å². The third kappa shape index (κ3) is 3.28. The standard InChI is InChI=1S/C16H10FN3O3S/c17-13-4-2-1-3-10(13)9-18-19-16(21)15-8-11-7-12(20(22)23)5-6-14(11)24-15/h1-9H,(H,19,21)/b18-9-. The maximum absolute atomic E-state index is 13.4. The SMILES string of the molecule is O=C(N/N=C\c1ccccc1F)c1cc2cc([N+](=O)[O-])ccc2s1. The third-order valence-electron chi connectivity index (χ3n) is 3.21. The molecule has 120 valence electrons. The Kier molecular flexibility index (Phi) is 4.30. The van der Waals surface area contributed by atoms with Gasteiger partial charge in [0.15, 0.2) is 0 Å². The number of hydrogen-bond donors (Lipinski definition) is 1. The van der Waals surface area contributed by atoms with Crippen molar-refractivity contribution < 1.29 is 14.1 Å². The number of thiophene rings is 1. The van der Waals surface area contributed by atoms with E-state index < -0.39 is 16.6 Å². The number of halogens is 1. The van der Waals surface area contributed by atoms with Crippen LogP contribution in [0.5, 0.6) is 0 Å². The van der Waals surface area contributed by atoms with Crippen LogP contribution in [0, 0.1) is 15.9 Å². The summed E-state index contributed by atoms with van der Waals surface area (Å²) in [4.78, 5) is 22.7. The quantitative estimate of drug-likeness (QED) is 0.445. The largest absolute Gasteiger partial charge is 0.281 e. The zero-order chi connectivity index (χ0) is 17.1. The van der Waals surface area contributed by atoms with Gasteiger partial charge in [-0.15, -0.1) is 11.3 Å². The lowest BCUT2D eigenvalue weighted by Gasteiger charge is -1.96. The predicted molar refractivity (Wildman–Crippen MR) is 89.9 cm³/mol. The number of nitrogens with one attached hydrogen (secondary N) is 1. The zero-order valence-corrected chi connectivity index (χ0v) is 12.9. The molecule has 0 spiro atoms. The van der Waals surface area contributed by atoms with E-state index in [0.717, 1.165) is 4.70 Å². The van der Waals surface area contributed by atoms with Crippen molar-refractivity contribution in [2.75, 3.05) is 0 Å². The minimum atomic E-state index is -0.491. The summed E-state index contributed by atoms with van der Waals surface area (Å²) in [5.41, 5.74) is 2.53. The third-order valence-corrected chi connectivity index (χ3v) is 4.32. The van der Waals surface area contributed by atoms with Gasteiger partial charge in [-0.25, -0.2) is 9.82 Å². The second-order valence-corrected chi connectivity index (χ2v) is 5.89. The molecular weight excluding hydrogens is 333 g/mol. The molecule has 1 N–H and O–H groups in total. The van der Waals surface area contributed by atoms with Crippen LogP contribution in [-0.4, -0.2) is 17.0 Å². The van der Waals surface area contributed by atoms with Gasteiger partial charge in [-0.05, 0) is 18.2 Å². The van der Waals surface area contributed by atoms with Crippen molar-refractivity contribution >= 4 is 39.2 Å². The molecule has 1 amide bonds. The highest BCUT2D eigenvalue weighted by atomic mass is 32.1. The van der Waals surface area contributed by atoms with Crippen LogP contribution in [0.25, 0.3) is 10.1 Å². The maximum Gasteiger partial charge on any atom is 0.281 e. The van der Waals surface area contributed by atoms with E-state index in [0.29, 0.717) is 10.3 Å². The molecule has 0 aliphatic heterocycles. The fraction of sp³-hybridized carbons (Fsp3) is 0. The van der Waals surface area contributed by atoms with Crippen molar-refractivity contribution in [3.8, 4) is 0 Å². The molecule has 0 unspecified atom stereocenters. The van der Waals surface area contributed by atoms with Crippen molar-refractivity contribution in [3.63, 3.8) is 0 Å². The molecule has 0 saturated carbocycles. The first-order chi connectivity index (χ1) is 11.5. The van der Waals surface area contributed by atoms with Gasteiger partial charge in [-0.1, -0.05) is 18.2 Å². The zero-order valence-electron chi connectivity index (χ0n) is 12.1. The van der Waals surface area contributed by atoms with Crippen LogP contribution in [0.4, 0.5) is 10.1 Å². The molecule has 3 rings (SSSR count). The molecule has 2 aromatic carbocycles. The van der Waals surface area contributed by atoms with Gasteiger partial charge in [0.2, 0.25) is 0 Å². The number of benzene rings is 2. The fourth-order valence-corrected chi connectivity index (χ4v) is 2.98. The van der Waals surface area contributed by atoms with Gasteiger partial charge in [-0.3, -0.25) is 14.9 Å². The summed E-state index contributed by atoms with van der Waals surface area (Å²) in [6.07, 6.45) is 1.21. The van der Waals surface area contributed by atoms with Crippen LogP contribution in [0.1, 0.15) is 15.2 Å². The number of fused-ring (bicyclic) bond motifs is 1. The molecule has 0 atom stereocenters. The summed E-state index contributed by atoms with van der Waals surface area (Å²) < 4.78 is 14.2. The minimum Gasteiger partial charge on any atom is -0.266 e. The molecule has 3 aromatic rings. The van der Waals surface area contributed by atoms with E-state index in [2.05, 4.69) is 10.5 Å². The van der Waals surface area contributed by atoms with E-state index in [1.54, 1.807) is 24.3 Å². The second kappa shape index (κ2) is 6.55. The Morgan fingerprint density at radius 1 is 1.25 bits per heavy atom. The van der Waals surface area contributed by atoms with E-state index in [1.165, 1.54) is 41.8 Å². The molecule has 0 saturated heterocycles. The van der Waals surface area contributed by atoms with Crippen LogP contribution < -0.4 is 5.43 Å². The lowest BCUT2D eigenvalue weighted by atomic mass is 10.2. The molecule has 0 fully saturated rings. The van der Waals surface area contributed by atoms with E-state index in [9.17, 15) is 19.3 Å². The van der Waals surface area contributed by atoms with Gasteiger partial charge < -0.3 is 0 Å². The predicted octanol–water partition coefficient (Wildman–Crippen LogP) is 3.71.